The number of fused-ring (bicyclic) bond motifs is 1. The summed E-state index contributed by atoms with van der Waals surface area (Å²) in [6, 6.07) is 7.62. The van der Waals surface area contributed by atoms with Crippen LogP contribution in [-0.2, 0) is 0 Å². The Morgan fingerprint density at radius 3 is 2.83 bits per heavy atom. The first-order valence-corrected chi connectivity index (χ1v) is 4.37. The second kappa shape index (κ2) is 2.75. The topological polar surface area (TPSA) is 38.9 Å². The average molecular weight is 223 g/mol. The minimum absolute atomic E-state index is 0.765. The third-order valence-electron chi connectivity index (χ3n) is 1.75. The second-order valence-electron chi connectivity index (χ2n) is 2.54. The molecule has 0 bridgehead atoms. The molecular formula is C9H7BrN2. The van der Waals surface area contributed by atoms with Gasteiger partial charge in [0.05, 0.1) is 5.52 Å². The zero-order valence-corrected chi connectivity index (χ0v) is 7.88. The summed E-state index contributed by atoms with van der Waals surface area (Å²) in [6.07, 6.45) is 1.76. The highest BCUT2D eigenvalue weighted by Gasteiger charge is 2.00. The highest BCUT2D eigenvalue weighted by atomic mass is 79.9. The molecule has 1 aromatic heterocycles. The SMILES string of the molecule is Nc1ccc(Br)c2ncccc12. The van der Waals surface area contributed by atoms with Gasteiger partial charge in [0, 0.05) is 21.7 Å². The summed E-state index contributed by atoms with van der Waals surface area (Å²) in [5.41, 5.74) is 7.44. The summed E-state index contributed by atoms with van der Waals surface area (Å²) in [5.74, 6) is 0. The molecule has 0 saturated carbocycles. The summed E-state index contributed by atoms with van der Waals surface area (Å²) in [6.45, 7) is 0. The lowest BCUT2D eigenvalue weighted by atomic mass is 10.2. The number of nitrogen functional groups attached to an aromatic ring is 1. The van der Waals surface area contributed by atoms with Crippen molar-refractivity contribution in [3.05, 3.63) is 34.9 Å². The molecule has 0 radical (unpaired) electrons. The molecule has 3 heteroatoms. The molecular weight excluding hydrogens is 216 g/mol. The van der Waals surface area contributed by atoms with Crippen molar-refractivity contribution in [3.8, 4) is 0 Å². The van der Waals surface area contributed by atoms with Crippen LogP contribution in [0, 0.1) is 0 Å². The van der Waals surface area contributed by atoms with Crippen LogP contribution in [0.1, 0.15) is 0 Å². The van der Waals surface area contributed by atoms with Crippen molar-refractivity contribution >= 4 is 32.5 Å². The maximum atomic E-state index is 5.76. The third kappa shape index (κ3) is 1.06. The Kier molecular flexibility index (Phi) is 1.73. The molecule has 0 unspecified atom stereocenters. The number of rotatable bonds is 0. The summed E-state index contributed by atoms with van der Waals surface area (Å²) in [4.78, 5) is 4.21. The van der Waals surface area contributed by atoms with Crippen molar-refractivity contribution in [2.24, 2.45) is 0 Å². The molecule has 0 saturated heterocycles. The third-order valence-corrected chi connectivity index (χ3v) is 2.39. The Morgan fingerprint density at radius 2 is 2.08 bits per heavy atom. The van der Waals surface area contributed by atoms with E-state index in [1.807, 2.05) is 24.3 Å². The predicted molar refractivity (Wildman–Crippen MR) is 53.9 cm³/mol. The highest BCUT2D eigenvalue weighted by Crippen LogP contribution is 2.25. The monoisotopic (exact) mass is 222 g/mol. The molecule has 2 aromatic rings. The van der Waals surface area contributed by atoms with Gasteiger partial charge < -0.3 is 5.73 Å². The molecule has 1 aromatic carbocycles. The van der Waals surface area contributed by atoms with E-state index >= 15 is 0 Å². The Labute approximate surface area is 78.5 Å². The van der Waals surface area contributed by atoms with Crippen molar-refractivity contribution in [2.45, 2.75) is 0 Å². The summed E-state index contributed by atoms with van der Waals surface area (Å²) in [5, 5.41) is 0.992. The van der Waals surface area contributed by atoms with Crippen molar-refractivity contribution < 1.29 is 0 Å². The van der Waals surface area contributed by atoms with Crippen LogP contribution in [0.5, 0.6) is 0 Å². The van der Waals surface area contributed by atoms with E-state index in [1.165, 1.54) is 0 Å². The summed E-state index contributed by atoms with van der Waals surface area (Å²) in [7, 11) is 0. The molecule has 0 aliphatic carbocycles. The lowest BCUT2D eigenvalue weighted by Crippen LogP contribution is -1.88. The Balaban J connectivity index is 2.95. The number of pyridine rings is 1. The number of nitrogens with two attached hydrogens (primary N) is 1. The fourth-order valence-electron chi connectivity index (χ4n) is 1.16. The molecule has 60 valence electrons. The van der Waals surface area contributed by atoms with Crippen LogP contribution in [0.3, 0.4) is 0 Å². The second-order valence-corrected chi connectivity index (χ2v) is 3.39. The van der Waals surface area contributed by atoms with Crippen LogP contribution >= 0.6 is 15.9 Å². The lowest BCUT2D eigenvalue weighted by molar-refractivity contribution is 1.40. The number of hydrogen-bond donors (Lipinski definition) is 1. The molecule has 12 heavy (non-hydrogen) atoms. The largest absolute Gasteiger partial charge is 0.398 e. The van der Waals surface area contributed by atoms with Crippen molar-refractivity contribution in [1.29, 1.82) is 0 Å². The fraction of sp³-hybridized carbons (Fsp3) is 0. The van der Waals surface area contributed by atoms with Crippen LogP contribution < -0.4 is 5.73 Å². The van der Waals surface area contributed by atoms with Gasteiger partial charge in [0.2, 0.25) is 0 Å². The van der Waals surface area contributed by atoms with Crippen molar-refractivity contribution in [1.82, 2.24) is 4.98 Å². The minimum Gasteiger partial charge on any atom is -0.398 e. The molecule has 2 nitrogen and oxygen atoms in total. The smallest absolute Gasteiger partial charge is 0.0864 e. The van der Waals surface area contributed by atoms with Gasteiger partial charge >= 0.3 is 0 Å². The molecule has 0 aliphatic heterocycles. The maximum absolute atomic E-state index is 5.76. The van der Waals surface area contributed by atoms with Gasteiger partial charge in [-0.05, 0) is 40.2 Å². The van der Waals surface area contributed by atoms with Gasteiger partial charge in [0.25, 0.3) is 0 Å². The molecule has 0 aliphatic rings. The summed E-state index contributed by atoms with van der Waals surface area (Å²) >= 11 is 3.41. The number of nitrogens with zero attached hydrogens (tertiary/aromatic N) is 1. The maximum Gasteiger partial charge on any atom is 0.0864 e. The minimum atomic E-state index is 0.765. The molecule has 0 spiro atoms. The zero-order chi connectivity index (χ0) is 8.55. The van der Waals surface area contributed by atoms with E-state index in [0.717, 1.165) is 21.1 Å². The predicted octanol–water partition coefficient (Wildman–Crippen LogP) is 2.58. The Morgan fingerprint density at radius 1 is 1.25 bits per heavy atom. The van der Waals surface area contributed by atoms with E-state index in [-0.39, 0.29) is 0 Å². The van der Waals surface area contributed by atoms with E-state index in [4.69, 9.17) is 5.73 Å². The Hall–Kier alpha value is -1.09. The number of aromatic nitrogens is 1. The molecule has 0 atom stereocenters. The van der Waals surface area contributed by atoms with E-state index in [1.54, 1.807) is 6.20 Å². The molecule has 1 heterocycles. The first-order chi connectivity index (χ1) is 5.79. The van der Waals surface area contributed by atoms with Gasteiger partial charge in [0.15, 0.2) is 0 Å². The number of hydrogen-bond acceptors (Lipinski definition) is 2. The van der Waals surface area contributed by atoms with Crippen molar-refractivity contribution in [2.75, 3.05) is 5.73 Å². The van der Waals surface area contributed by atoms with E-state index < -0.39 is 0 Å². The standard InChI is InChI=1S/C9H7BrN2/c10-7-3-4-8(11)6-2-1-5-12-9(6)7/h1-5H,11H2. The molecule has 0 amide bonds. The lowest BCUT2D eigenvalue weighted by Gasteiger charge is -2.01. The van der Waals surface area contributed by atoms with Gasteiger partial charge in [-0.15, -0.1) is 0 Å². The van der Waals surface area contributed by atoms with Crippen LogP contribution in [0.2, 0.25) is 0 Å². The molecule has 2 N–H and O–H groups in total. The Bertz CT molecular complexity index is 385. The number of anilines is 1. The van der Waals surface area contributed by atoms with Crippen LogP contribution in [0.25, 0.3) is 10.9 Å². The normalized spacial score (nSPS) is 10.4. The zero-order valence-electron chi connectivity index (χ0n) is 6.29. The fourth-order valence-corrected chi connectivity index (χ4v) is 1.61. The van der Waals surface area contributed by atoms with E-state index in [2.05, 4.69) is 20.9 Å². The molecule has 2 rings (SSSR count). The van der Waals surface area contributed by atoms with Crippen molar-refractivity contribution in [3.63, 3.8) is 0 Å². The summed E-state index contributed by atoms with van der Waals surface area (Å²) < 4.78 is 0.979. The van der Waals surface area contributed by atoms with E-state index in [0.29, 0.717) is 0 Å². The average Bonchev–Trinajstić information content (AvgIpc) is 2.12. The van der Waals surface area contributed by atoms with Gasteiger partial charge in [-0.1, -0.05) is 0 Å². The van der Waals surface area contributed by atoms with Gasteiger partial charge in [-0.3, -0.25) is 4.98 Å². The van der Waals surface area contributed by atoms with Crippen LogP contribution in [0.4, 0.5) is 5.69 Å². The first kappa shape index (κ1) is 7.55. The van der Waals surface area contributed by atoms with Gasteiger partial charge in [-0.25, -0.2) is 0 Å². The number of halogens is 1. The highest BCUT2D eigenvalue weighted by molar-refractivity contribution is 9.10. The van der Waals surface area contributed by atoms with Crippen LogP contribution in [0.15, 0.2) is 34.9 Å². The molecule has 0 fully saturated rings. The first-order valence-electron chi connectivity index (χ1n) is 3.58. The van der Waals surface area contributed by atoms with E-state index in [9.17, 15) is 0 Å². The van der Waals surface area contributed by atoms with Crippen LogP contribution in [-0.4, -0.2) is 4.98 Å². The van der Waals surface area contributed by atoms with Gasteiger partial charge in [0.1, 0.15) is 0 Å². The van der Waals surface area contributed by atoms with Gasteiger partial charge in [-0.2, -0.15) is 0 Å². The number of benzene rings is 1. The quantitative estimate of drug-likeness (QED) is 0.697.